The fourth-order valence-corrected chi connectivity index (χ4v) is 3.83. The van der Waals surface area contributed by atoms with Crippen molar-refractivity contribution in [1.82, 2.24) is 14.8 Å². The normalized spacial score (nSPS) is 18.2. The predicted octanol–water partition coefficient (Wildman–Crippen LogP) is 2.63. The number of hydrogen-bond acceptors (Lipinski definition) is 5. The Labute approximate surface area is 157 Å². The number of nitrogens with one attached hydrogen (secondary N) is 2. The highest BCUT2D eigenvalue weighted by molar-refractivity contribution is 9.10. The number of nitrogens with zero attached hydrogens (tertiary/aromatic N) is 2. The van der Waals surface area contributed by atoms with Crippen LogP contribution in [0.2, 0.25) is 0 Å². The van der Waals surface area contributed by atoms with Gasteiger partial charge in [0.1, 0.15) is 0 Å². The Balaban J connectivity index is 1.65. The topological polar surface area (TPSA) is 89.0 Å². The molecule has 134 valence electrons. The maximum Gasteiger partial charge on any atom is 0.344 e. The Morgan fingerprint density at radius 1 is 1.60 bits per heavy atom. The number of aromatic amines is 1. The second-order valence-electron chi connectivity index (χ2n) is 5.82. The smallest absolute Gasteiger partial charge is 0.344 e. The van der Waals surface area contributed by atoms with E-state index in [-0.39, 0.29) is 17.7 Å². The number of aromatic nitrogens is 3. The van der Waals surface area contributed by atoms with Crippen molar-refractivity contribution < 1.29 is 9.53 Å². The van der Waals surface area contributed by atoms with Crippen LogP contribution >= 0.6 is 27.7 Å². The number of anilines is 1. The van der Waals surface area contributed by atoms with Crippen molar-refractivity contribution in [3.63, 3.8) is 0 Å². The van der Waals surface area contributed by atoms with Crippen LogP contribution in [-0.2, 0) is 16.1 Å². The van der Waals surface area contributed by atoms with E-state index in [1.807, 2.05) is 24.3 Å². The molecule has 1 saturated heterocycles. The number of amides is 1. The summed E-state index contributed by atoms with van der Waals surface area (Å²) in [6.45, 7) is 2.97. The van der Waals surface area contributed by atoms with Crippen LogP contribution < -0.4 is 11.0 Å². The Hall–Kier alpha value is -1.58. The summed E-state index contributed by atoms with van der Waals surface area (Å²) in [7, 11) is 0. The molecule has 2 aromatic rings. The number of carbonyl (C=O) groups is 1. The molecule has 0 bridgehead atoms. The van der Waals surface area contributed by atoms with Crippen LogP contribution in [-0.4, -0.2) is 38.6 Å². The molecular formula is C16H19BrN4O3S. The van der Waals surface area contributed by atoms with Crippen LogP contribution in [0.25, 0.3) is 0 Å². The van der Waals surface area contributed by atoms with Gasteiger partial charge in [0.2, 0.25) is 5.91 Å². The molecule has 1 aliphatic heterocycles. The van der Waals surface area contributed by atoms with Crippen molar-refractivity contribution in [2.75, 3.05) is 11.9 Å². The molecule has 0 spiro atoms. The Kier molecular flexibility index (Phi) is 5.98. The van der Waals surface area contributed by atoms with Gasteiger partial charge in [0.15, 0.2) is 5.16 Å². The van der Waals surface area contributed by atoms with Crippen molar-refractivity contribution in [3.8, 4) is 0 Å². The fourth-order valence-electron chi connectivity index (χ4n) is 2.57. The van der Waals surface area contributed by atoms with Gasteiger partial charge in [-0.1, -0.05) is 33.8 Å². The van der Waals surface area contributed by atoms with E-state index in [0.717, 1.165) is 23.9 Å². The summed E-state index contributed by atoms with van der Waals surface area (Å²) < 4.78 is 8.02. The first-order valence-electron chi connectivity index (χ1n) is 8.03. The lowest BCUT2D eigenvalue weighted by atomic mass is 10.2. The summed E-state index contributed by atoms with van der Waals surface area (Å²) in [5.74, 6) is -0.151. The van der Waals surface area contributed by atoms with Crippen LogP contribution in [0.5, 0.6) is 0 Å². The fraction of sp³-hybridized carbons (Fsp3) is 0.438. The molecule has 2 unspecified atom stereocenters. The van der Waals surface area contributed by atoms with Crippen molar-refractivity contribution in [3.05, 3.63) is 39.2 Å². The maximum atomic E-state index is 12.4. The van der Waals surface area contributed by atoms with E-state index in [4.69, 9.17) is 4.74 Å². The number of ether oxygens (including phenoxy) is 1. The van der Waals surface area contributed by atoms with Gasteiger partial charge in [-0.15, -0.1) is 5.10 Å². The third-order valence-electron chi connectivity index (χ3n) is 3.88. The van der Waals surface area contributed by atoms with Crippen LogP contribution in [0.4, 0.5) is 5.69 Å². The molecule has 0 aliphatic carbocycles. The first-order chi connectivity index (χ1) is 12.0. The minimum atomic E-state index is -0.405. The molecule has 7 nitrogen and oxygen atoms in total. The minimum absolute atomic E-state index is 0.0282. The van der Waals surface area contributed by atoms with E-state index in [1.165, 1.54) is 11.8 Å². The van der Waals surface area contributed by atoms with Crippen LogP contribution in [0, 0.1) is 0 Å². The number of hydrogen-bond donors (Lipinski definition) is 2. The zero-order valence-electron chi connectivity index (χ0n) is 13.7. The lowest BCUT2D eigenvalue weighted by Crippen LogP contribution is -2.26. The van der Waals surface area contributed by atoms with Crippen molar-refractivity contribution in [2.45, 2.75) is 42.8 Å². The molecule has 1 aromatic carbocycles. The van der Waals surface area contributed by atoms with E-state index in [1.54, 1.807) is 11.5 Å². The zero-order valence-corrected chi connectivity index (χ0v) is 16.1. The Bertz CT molecular complexity index is 801. The number of benzene rings is 1. The number of thioether (sulfide) groups is 1. The van der Waals surface area contributed by atoms with Gasteiger partial charge < -0.3 is 10.1 Å². The molecule has 1 fully saturated rings. The first-order valence-corrected chi connectivity index (χ1v) is 9.70. The summed E-state index contributed by atoms with van der Waals surface area (Å²) in [6, 6.07) is 7.39. The molecule has 1 aliphatic rings. The lowest BCUT2D eigenvalue weighted by Gasteiger charge is -2.14. The molecule has 25 heavy (non-hydrogen) atoms. The van der Waals surface area contributed by atoms with Gasteiger partial charge in [-0.25, -0.2) is 9.89 Å². The second kappa shape index (κ2) is 8.20. The van der Waals surface area contributed by atoms with Crippen molar-refractivity contribution >= 4 is 39.3 Å². The molecule has 2 N–H and O–H groups in total. The van der Waals surface area contributed by atoms with Crippen LogP contribution in [0.3, 0.4) is 0 Å². The predicted molar refractivity (Wildman–Crippen MR) is 99.9 cm³/mol. The summed E-state index contributed by atoms with van der Waals surface area (Å²) >= 11 is 4.62. The van der Waals surface area contributed by atoms with Crippen molar-refractivity contribution in [1.29, 1.82) is 0 Å². The Morgan fingerprint density at radius 3 is 3.16 bits per heavy atom. The molecule has 1 aromatic heterocycles. The number of carbonyl (C=O) groups excluding carboxylic acids is 1. The molecular weight excluding hydrogens is 408 g/mol. The summed E-state index contributed by atoms with van der Waals surface area (Å²) in [5.41, 5.74) is 0.434. The zero-order chi connectivity index (χ0) is 17.8. The van der Waals surface area contributed by atoms with Gasteiger partial charge >= 0.3 is 5.69 Å². The molecule has 1 amide bonds. The monoisotopic (exact) mass is 426 g/mol. The average molecular weight is 427 g/mol. The summed E-state index contributed by atoms with van der Waals surface area (Å²) in [6.07, 6.45) is 1.96. The quantitative estimate of drug-likeness (QED) is 0.692. The van der Waals surface area contributed by atoms with Gasteiger partial charge in [0.05, 0.1) is 17.9 Å². The number of rotatable bonds is 6. The first kappa shape index (κ1) is 18.2. The SMILES string of the molecule is CC(Sc1n[nH]c(=O)n1CC1CCCO1)C(=O)Nc1cccc(Br)c1. The standard InChI is InChI=1S/C16H19BrN4O3S/c1-10(14(22)18-12-5-2-4-11(17)8-12)25-16-20-19-15(23)21(16)9-13-6-3-7-24-13/h2,4-5,8,10,13H,3,6-7,9H2,1H3,(H,18,22)(H,19,23). The van der Waals surface area contributed by atoms with Gasteiger partial charge in [0.25, 0.3) is 0 Å². The molecule has 0 saturated carbocycles. The number of H-pyrrole nitrogens is 1. The largest absolute Gasteiger partial charge is 0.376 e. The molecule has 3 rings (SSSR count). The molecule has 2 heterocycles. The Morgan fingerprint density at radius 2 is 2.44 bits per heavy atom. The van der Waals surface area contributed by atoms with E-state index in [0.29, 0.717) is 17.4 Å². The highest BCUT2D eigenvalue weighted by atomic mass is 79.9. The van der Waals surface area contributed by atoms with E-state index in [2.05, 4.69) is 31.4 Å². The van der Waals surface area contributed by atoms with Gasteiger partial charge in [-0.3, -0.25) is 9.36 Å². The number of halogens is 1. The lowest BCUT2D eigenvalue weighted by molar-refractivity contribution is -0.115. The summed E-state index contributed by atoms with van der Waals surface area (Å²) in [4.78, 5) is 24.4. The average Bonchev–Trinajstić information content (AvgIpc) is 3.20. The maximum absolute atomic E-state index is 12.4. The van der Waals surface area contributed by atoms with Gasteiger partial charge in [0, 0.05) is 16.8 Å². The van der Waals surface area contributed by atoms with Gasteiger partial charge in [-0.05, 0) is 38.0 Å². The van der Waals surface area contributed by atoms with Gasteiger partial charge in [-0.2, -0.15) is 0 Å². The van der Waals surface area contributed by atoms with E-state index >= 15 is 0 Å². The third kappa shape index (κ3) is 4.74. The van der Waals surface area contributed by atoms with E-state index < -0.39 is 5.25 Å². The van der Waals surface area contributed by atoms with Crippen molar-refractivity contribution in [2.24, 2.45) is 0 Å². The van der Waals surface area contributed by atoms with Crippen LogP contribution in [0.1, 0.15) is 19.8 Å². The molecule has 2 atom stereocenters. The third-order valence-corrected chi connectivity index (χ3v) is 5.46. The van der Waals surface area contributed by atoms with E-state index in [9.17, 15) is 9.59 Å². The minimum Gasteiger partial charge on any atom is -0.376 e. The van der Waals surface area contributed by atoms with Crippen LogP contribution in [0.15, 0.2) is 38.7 Å². The molecule has 0 radical (unpaired) electrons. The second-order valence-corrected chi connectivity index (χ2v) is 8.04. The molecule has 9 heteroatoms. The summed E-state index contributed by atoms with van der Waals surface area (Å²) in [5, 5.41) is 9.46. The highest BCUT2D eigenvalue weighted by Gasteiger charge is 2.23. The highest BCUT2D eigenvalue weighted by Crippen LogP contribution is 2.23.